The van der Waals surface area contributed by atoms with Crippen molar-refractivity contribution in [2.24, 2.45) is 0 Å². The summed E-state index contributed by atoms with van der Waals surface area (Å²) in [7, 11) is 0. The molecule has 0 bridgehead atoms. The van der Waals surface area contributed by atoms with Gasteiger partial charge >= 0.3 is 12.1 Å². The molecule has 1 aromatic carbocycles. The van der Waals surface area contributed by atoms with Crippen LogP contribution in [0.25, 0.3) is 5.95 Å². The lowest BCUT2D eigenvalue weighted by molar-refractivity contribution is -0.137. The fourth-order valence-electron chi connectivity index (χ4n) is 4.54. The van der Waals surface area contributed by atoms with Crippen molar-refractivity contribution in [3.63, 3.8) is 0 Å². The van der Waals surface area contributed by atoms with Gasteiger partial charge in [-0.3, -0.25) is 4.79 Å². The number of hydrogen-bond donors (Lipinski definition) is 1. The number of benzene rings is 1. The van der Waals surface area contributed by atoms with Gasteiger partial charge in [0.15, 0.2) is 6.67 Å². The maximum absolute atomic E-state index is 14.3. The average molecular weight is 511 g/mol. The molecule has 0 aliphatic heterocycles. The topological polar surface area (TPSA) is 72.7 Å². The molecule has 3 aromatic rings. The van der Waals surface area contributed by atoms with Crippen molar-refractivity contribution in [1.82, 2.24) is 25.1 Å². The summed E-state index contributed by atoms with van der Waals surface area (Å²) in [5.41, 5.74) is -2.42. The van der Waals surface area contributed by atoms with E-state index >= 15 is 0 Å². The van der Waals surface area contributed by atoms with Gasteiger partial charge in [-0.15, -0.1) is 0 Å². The van der Waals surface area contributed by atoms with Crippen LogP contribution in [0.3, 0.4) is 0 Å². The monoisotopic (exact) mass is 511 g/mol. The van der Waals surface area contributed by atoms with Gasteiger partial charge in [-0.25, -0.2) is 19.0 Å². The molecule has 192 valence electrons. The highest BCUT2D eigenvalue weighted by molar-refractivity contribution is 5.95. The van der Waals surface area contributed by atoms with Crippen LogP contribution in [0.2, 0.25) is 0 Å². The van der Waals surface area contributed by atoms with Gasteiger partial charge in [0.1, 0.15) is 5.69 Å². The third kappa shape index (κ3) is 5.21. The van der Waals surface area contributed by atoms with Gasteiger partial charge in [0.2, 0.25) is 5.95 Å². The Labute approximate surface area is 202 Å². The molecule has 0 spiro atoms. The van der Waals surface area contributed by atoms with Crippen LogP contribution < -0.4 is 5.32 Å². The van der Waals surface area contributed by atoms with E-state index in [1.165, 1.54) is 30.6 Å². The summed E-state index contributed by atoms with van der Waals surface area (Å²) < 4.78 is 81.8. The van der Waals surface area contributed by atoms with Crippen molar-refractivity contribution in [2.45, 2.75) is 49.6 Å². The lowest BCUT2D eigenvalue weighted by atomic mass is 9.69. The minimum atomic E-state index is -4.48. The van der Waals surface area contributed by atoms with E-state index in [4.69, 9.17) is 0 Å². The van der Waals surface area contributed by atoms with Crippen molar-refractivity contribution in [2.75, 3.05) is 13.2 Å². The Hall–Kier alpha value is -3.44. The number of carbonyl (C=O) groups is 1. The van der Waals surface area contributed by atoms with Crippen molar-refractivity contribution < 1.29 is 31.1 Å². The largest absolute Gasteiger partial charge is 0.416 e. The Morgan fingerprint density at radius 1 is 1.00 bits per heavy atom. The van der Waals surface area contributed by atoms with E-state index < -0.39 is 46.9 Å². The van der Waals surface area contributed by atoms with E-state index in [9.17, 15) is 31.1 Å². The molecule has 0 saturated heterocycles. The second kappa shape index (κ2) is 9.90. The van der Waals surface area contributed by atoms with Crippen LogP contribution in [0.1, 0.15) is 59.3 Å². The summed E-state index contributed by atoms with van der Waals surface area (Å²) in [5, 5.41) is 6.32. The normalized spacial score (nSPS) is 16.1. The van der Waals surface area contributed by atoms with E-state index in [2.05, 4.69) is 20.4 Å². The van der Waals surface area contributed by atoms with Crippen molar-refractivity contribution in [3.8, 4) is 5.95 Å². The molecule has 1 amide bonds. The second-order valence-electron chi connectivity index (χ2n) is 8.82. The number of alkyl halides is 6. The van der Waals surface area contributed by atoms with Crippen LogP contribution in [-0.2, 0) is 17.5 Å². The Bertz CT molecular complexity index is 1190. The molecule has 2 aromatic heterocycles. The number of nitrogens with one attached hydrogen (secondary N) is 1. The van der Waals surface area contributed by atoms with E-state index in [0.29, 0.717) is 18.4 Å². The Kier molecular flexibility index (Phi) is 7.05. The third-order valence-electron chi connectivity index (χ3n) is 6.45. The molecule has 12 heteroatoms. The zero-order chi connectivity index (χ0) is 26.0. The number of nitrogens with zero attached hydrogens (tertiary/aromatic N) is 4. The fraction of sp³-hybridized carbons (Fsp3) is 0.417. The van der Waals surface area contributed by atoms with Crippen LogP contribution in [-0.4, -0.2) is 38.9 Å². The first-order chi connectivity index (χ1) is 17.1. The van der Waals surface area contributed by atoms with Crippen LogP contribution in [0.4, 0.5) is 26.3 Å². The molecule has 6 nitrogen and oxygen atoms in total. The van der Waals surface area contributed by atoms with Gasteiger partial charge in [0, 0.05) is 30.6 Å². The predicted octanol–water partition coefficient (Wildman–Crippen LogP) is 5.37. The summed E-state index contributed by atoms with van der Waals surface area (Å²) in [4.78, 5) is 20.9. The summed E-state index contributed by atoms with van der Waals surface area (Å²) in [6.07, 6.45) is 2.97. The molecule has 0 atom stereocenters. The highest BCUT2D eigenvalue weighted by Crippen LogP contribution is 2.40. The number of aromatic nitrogens is 4. The van der Waals surface area contributed by atoms with Gasteiger partial charge in [-0.2, -0.15) is 27.1 Å². The SMILES string of the molecule is O=C(NCC1(c2ccc(C(F)(F)F)cc2)CCCCC1)c1cn(-c2ncccn2)nc1C(F)(F)CF. The van der Waals surface area contributed by atoms with Crippen LogP contribution in [0.5, 0.6) is 0 Å². The third-order valence-corrected chi connectivity index (χ3v) is 6.45. The Morgan fingerprint density at radius 2 is 1.64 bits per heavy atom. The van der Waals surface area contributed by atoms with Gasteiger partial charge in [0.25, 0.3) is 5.91 Å². The molecular formula is C24H23F6N5O. The average Bonchev–Trinajstić information content (AvgIpc) is 3.35. The van der Waals surface area contributed by atoms with Gasteiger partial charge < -0.3 is 5.32 Å². The molecule has 1 fully saturated rings. The summed E-state index contributed by atoms with van der Waals surface area (Å²) in [5.74, 6) is -5.01. The highest BCUT2D eigenvalue weighted by Gasteiger charge is 2.41. The van der Waals surface area contributed by atoms with E-state index in [0.717, 1.165) is 42.3 Å². The minimum absolute atomic E-state index is 0.00481. The Balaban J connectivity index is 1.62. The molecule has 0 unspecified atom stereocenters. The summed E-state index contributed by atoms with van der Waals surface area (Å²) in [6, 6.07) is 6.29. The number of amides is 1. The predicted molar refractivity (Wildman–Crippen MR) is 118 cm³/mol. The molecular weight excluding hydrogens is 488 g/mol. The maximum atomic E-state index is 14.3. The first kappa shape index (κ1) is 25.6. The van der Waals surface area contributed by atoms with E-state index in [1.807, 2.05) is 0 Å². The van der Waals surface area contributed by atoms with Gasteiger partial charge in [-0.1, -0.05) is 31.4 Å². The lowest BCUT2D eigenvalue weighted by Crippen LogP contribution is -2.42. The smallest absolute Gasteiger partial charge is 0.351 e. The second-order valence-corrected chi connectivity index (χ2v) is 8.82. The van der Waals surface area contributed by atoms with Gasteiger partial charge in [-0.05, 0) is 36.6 Å². The van der Waals surface area contributed by atoms with Crippen molar-refractivity contribution in [1.29, 1.82) is 0 Å². The minimum Gasteiger partial charge on any atom is -0.351 e. The summed E-state index contributed by atoms with van der Waals surface area (Å²) >= 11 is 0. The van der Waals surface area contributed by atoms with Crippen LogP contribution >= 0.6 is 0 Å². The van der Waals surface area contributed by atoms with Crippen LogP contribution in [0.15, 0.2) is 48.9 Å². The summed E-state index contributed by atoms with van der Waals surface area (Å²) in [6.45, 7) is -2.06. The molecule has 0 radical (unpaired) electrons. The highest BCUT2D eigenvalue weighted by atomic mass is 19.4. The molecule has 2 heterocycles. The molecule has 1 N–H and O–H groups in total. The standard InChI is InChI=1S/C24H23F6N5O/c25-14-23(26,27)19-18(13-35(34-19)21-31-11-4-12-32-21)20(36)33-15-22(9-2-1-3-10-22)16-5-7-17(8-6-16)24(28,29)30/h4-8,11-13H,1-3,9-10,14-15H2,(H,33,36). The van der Waals surface area contributed by atoms with Gasteiger partial charge in [0.05, 0.1) is 11.1 Å². The first-order valence-corrected chi connectivity index (χ1v) is 11.3. The molecule has 1 aliphatic rings. The first-order valence-electron chi connectivity index (χ1n) is 11.3. The van der Waals surface area contributed by atoms with Crippen molar-refractivity contribution in [3.05, 3.63) is 71.3 Å². The fourth-order valence-corrected chi connectivity index (χ4v) is 4.54. The number of halogens is 6. The zero-order valence-corrected chi connectivity index (χ0v) is 19.0. The maximum Gasteiger partial charge on any atom is 0.416 e. The molecule has 1 saturated carbocycles. The number of carbonyl (C=O) groups excluding carboxylic acids is 1. The zero-order valence-electron chi connectivity index (χ0n) is 19.0. The lowest BCUT2D eigenvalue weighted by Gasteiger charge is -2.38. The van der Waals surface area contributed by atoms with E-state index in [-0.39, 0.29) is 12.5 Å². The van der Waals surface area contributed by atoms with Crippen molar-refractivity contribution >= 4 is 5.91 Å². The Morgan fingerprint density at radius 3 is 2.22 bits per heavy atom. The molecule has 1 aliphatic carbocycles. The quantitative estimate of drug-likeness (QED) is 0.433. The van der Waals surface area contributed by atoms with E-state index in [1.54, 1.807) is 0 Å². The van der Waals surface area contributed by atoms with Crippen LogP contribution in [0, 0.1) is 0 Å². The number of hydrogen-bond acceptors (Lipinski definition) is 4. The molecule has 4 rings (SSSR count). The number of rotatable bonds is 7. The molecule has 36 heavy (non-hydrogen) atoms.